The van der Waals surface area contributed by atoms with Gasteiger partial charge in [0.05, 0.1) is 12.3 Å². The second-order valence-electron chi connectivity index (χ2n) is 5.34. The van der Waals surface area contributed by atoms with E-state index in [1.165, 1.54) is 23.0 Å². The highest BCUT2D eigenvalue weighted by atomic mass is 32.1. The maximum atomic E-state index is 12.0. The molecule has 3 heterocycles. The number of aromatic nitrogens is 1. The van der Waals surface area contributed by atoms with Crippen LogP contribution < -0.4 is 10.1 Å². The summed E-state index contributed by atoms with van der Waals surface area (Å²) in [6.07, 6.45) is 4.25. The molecule has 0 bridgehead atoms. The van der Waals surface area contributed by atoms with Gasteiger partial charge in [-0.25, -0.2) is 4.98 Å². The van der Waals surface area contributed by atoms with Crippen LogP contribution in [0.3, 0.4) is 0 Å². The first kappa shape index (κ1) is 15.1. The van der Waals surface area contributed by atoms with Crippen molar-refractivity contribution >= 4 is 39.8 Å². The van der Waals surface area contributed by atoms with Gasteiger partial charge >= 0.3 is 0 Å². The number of anilines is 1. The van der Waals surface area contributed by atoms with Crippen LogP contribution in [0.4, 0.5) is 5.13 Å². The lowest BCUT2D eigenvalue weighted by Gasteiger charge is -2.01. The van der Waals surface area contributed by atoms with Gasteiger partial charge in [-0.1, -0.05) is 0 Å². The van der Waals surface area contributed by atoms with Crippen molar-refractivity contribution < 1.29 is 9.53 Å². The van der Waals surface area contributed by atoms with Gasteiger partial charge in [0.1, 0.15) is 5.75 Å². The Kier molecular flexibility index (Phi) is 4.15. The molecule has 0 spiro atoms. The summed E-state index contributed by atoms with van der Waals surface area (Å²) in [6.45, 7) is 0.744. The Morgan fingerprint density at radius 3 is 3.12 bits per heavy atom. The van der Waals surface area contributed by atoms with Crippen LogP contribution in [0.5, 0.6) is 5.75 Å². The van der Waals surface area contributed by atoms with Gasteiger partial charge in [-0.3, -0.25) is 10.1 Å². The second kappa shape index (κ2) is 6.59. The molecule has 1 aliphatic rings. The highest BCUT2D eigenvalue weighted by molar-refractivity contribution is 7.14. The first-order valence-corrected chi connectivity index (χ1v) is 9.33. The van der Waals surface area contributed by atoms with Gasteiger partial charge in [0, 0.05) is 23.4 Å². The zero-order chi connectivity index (χ0) is 16.4. The Labute approximate surface area is 147 Å². The number of thiophene rings is 1. The fourth-order valence-corrected chi connectivity index (χ4v) is 3.85. The average Bonchev–Trinajstić information content (AvgIpc) is 3.33. The molecule has 4 nitrogen and oxygen atoms in total. The number of carbonyl (C=O) groups is 1. The number of ether oxygens (including phenoxy) is 1. The lowest BCUT2D eigenvalue weighted by atomic mass is 10.1. The van der Waals surface area contributed by atoms with Crippen LogP contribution in [0.2, 0.25) is 0 Å². The van der Waals surface area contributed by atoms with Crippen LogP contribution in [0, 0.1) is 0 Å². The molecular weight excluding hydrogens is 340 g/mol. The zero-order valence-electron chi connectivity index (χ0n) is 12.7. The monoisotopic (exact) mass is 354 g/mol. The molecule has 0 radical (unpaired) electrons. The summed E-state index contributed by atoms with van der Waals surface area (Å²) in [4.78, 5) is 16.5. The smallest absolute Gasteiger partial charge is 0.250 e. The highest BCUT2D eigenvalue weighted by Gasteiger charge is 2.14. The molecule has 4 rings (SSSR count). The predicted molar refractivity (Wildman–Crippen MR) is 98.7 cm³/mol. The summed E-state index contributed by atoms with van der Waals surface area (Å²) in [7, 11) is 0. The van der Waals surface area contributed by atoms with Crippen molar-refractivity contribution in [3.63, 3.8) is 0 Å². The maximum Gasteiger partial charge on any atom is 0.250 e. The molecule has 1 N–H and O–H groups in total. The Bertz CT molecular complexity index is 898. The molecule has 3 aromatic rings. The van der Waals surface area contributed by atoms with Gasteiger partial charge in [0.2, 0.25) is 5.91 Å². The number of nitrogens with one attached hydrogen (secondary N) is 1. The number of hydrogen-bond donors (Lipinski definition) is 1. The molecule has 0 atom stereocenters. The minimum atomic E-state index is -0.176. The molecule has 1 amide bonds. The minimum Gasteiger partial charge on any atom is -0.493 e. The van der Waals surface area contributed by atoms with E-state index in [1.807, 2.05) is 34.3 Å². The van der Waals surface area contributed by atoms with Crippen LogP contribution in [-0.2, 0) is 11.2 Å². The van der Waals surface area contributed by atoms with Gasteiger partial charge in [-0.15, -0.1) is 11.3 Å². The molecule has 1 aromatic carbocycles. The lowest BCUT2D eigenvalue weighted by Crippen LogP contribution is -2.07. The average molecular weight is 354 g/mol. The van der Waals surface area contributed by atoms with Crippen LogP contribution in [-0.4, -0.2) is 17.5 Å². The Hall–Kier alpha value is -2.44. The van der Waals surface area contributed by atoms with E-state index in [9.17, 15) is 4.79 Å². The summed E-state index contributed by atoms with van der Waals surface area (Å²) in [5.74, 6) is 0.783. The molecule has 0 fully saturated rings. The molecule has 2 aromatic heterocycles. The van der Waals surface area contributed by atoms with Gasteiger partial charge < -0.3 is 4.74 Å². The van der Waals surface area contributed by atoms with Crippen LogP contribution in [0.1, 0.15) is 11.1 Å². The summed E-state index contributed by atoms with van der Waals surface area (Å²) < 4.78 is 5.52. The van der Waals surface area contributed by atoms with Crippen molar-refractivity contribution in [1.82, 2.24) is 4.98 Å². The van der Waals surface area contributed by atoms with Gasteiger partial charge in [0.25, 0.3) is 0 Å². The summed E-state index contributed by atoms with van der Waals surface area (Å²) >= 11 is 3.03. The molecule has 0 saturated heterocycles. The Morgan fingerprint density at radius 2 is 2.25 bits per heavy atom. The van der Waals surface area contributed by atoms with E-state index in [1.54, 1.807) is 17.4 Å². The van der Waals surface area contributed by atoms with E-state index < -0.39 is 0 Å². The molecule has 0 unspecified atom stereocenters. The van der Waals surface area contributed by atoms with Crippen molar-refractivity contribution in [1.29, 1.82) is 0 Å². The molecule has 120 valence electrons. The van der Waals surface area contributed by atoms with Gasteiger partial charge in [0.15, 0.2) is 5.13 Å². The lowest BCUT2D eigenvalue weighted by molar-refractivity contribution is -0.111. The molecule has 6 heteroatoms. The first-order valence-electron chi connectivity index (χ1n) is 7.51. The van der Waals surface area contributed by atoms with Crippen LogP contribution in [0.25, 0.3) is 17.3 Å². The number of amides is 1. The standard InChI is InChI=1S/C18H14N2O2S2/c21-17(4-1-12-6-8-23-10-12)20-18-19-15(11-24-18)13-2-3-16-14(9-13)5-7-22-16/h1-4,6,8-11H,5,7H2,(H,19,20,21)/b4-1+. The zero-order valence-corrected chi connectivity index (χ0v) is 14.3. The van der Waals surface area contributed by atoms with E-state index in [4.69, 9.17) is 4.74 Å². The van der Waals surface area contributed by atoms with Gasteiger partial charge in [-0.05, 0) is 52.2 Å². The van der Waals surface area contributed by atoms with Gasteiger partial charge in [-0.2, -0.15) is 11.3 Å². The SMILES string of the molecule is O=C(/C=C/c1ccsc1)Nc1nc(-c2ccc3c(c2)CCO3)cs1. The number of fused-ring (bicyclic) bond motifs is 1. The third-order valence-electron chi connectivity index (χ3n) is 3.69. The van der Waals surface area contributed by atoms with E-state index >= 15 is 0 Å². The second-order valence-corrected chi connectivity index (χ2v) is 6.98. The summed E-state index contributed by atoms with van der Waals surface area (Å²) in [5.41, 5.74) is 4.15. The first-order chi connectivity index (χ1) is 11.8. The third-order valence-corrected chi connectivity index (χ3v) is 5.15. The maximum absolute atomic E-state index is 12.0. The van der Waals surface area contributed by atoms with Crippen molar-refractivity contribution in [2.24, 2.45) is 0 Å². The van der Waals surface area contributed by atoms with Crippen molar-refractivity contribution in [3.05, 3.63) is 57.6 Å². The molecule has 24 heavy (non-hydrogen) atoms. The van der Waals surface area contributed by atoms with Crippen molar-refractivity contribution in [2.75, 3.05) is 11.9 Å². The number of hydrogen-bond acceptors (Lipinski definition) is 5. The molecule has 0 saturated carbocycles. The molecule has 1 aliphatic heterocycles. The van der Waals surface area contributed by atoms with Crippen molar-refractivity contribution in [2.45, 2.75) is 6.42 Å². The van der Waals surface area contributed by atoms with E-state index in [0.29, 0.717) is 5.13 Å². The number of thiazole rings is 1. The highest BCUT2D eigenvalue weighted by Crippen LogP contribution is 2.31. The van der Waals surface area contributed by atoms with Crippen LogP contribution in [0.15, 0.2) is 46.5 Å². The van der Waals surface area contributed by atoms with Crippen LogP contribution >= 0.6 is 22.7 Å². The third kappa shape index (κ3) is 3.25. The van der Waals surface area contributed by atoms with Crippen molar-refractivity contribution in [3.8, 4) is 17.0 Å². The predicted octanol–water partition coefficient (Wildman–Crippen LogP) is 4.46. The summed E-state index contributed by atoms with van der Waals surface area (Å²) in [5, 5.41) is 9.33. The number of rotatable bonds is 4. The number of nitrogens with zero attached hydrogens (tertiary/aromatic N) is 1. The Morgan fingerprint density at radius 1 is 1.29 bits per heavy atom. The number of benzene rings is 1. The molecule has 0 aliphatic carbocycles. The van der Waals surface area contributed by atoms with E-state index in [2.05, 4.69) is 16.4 Å². The quantitative estimate of drug-likeness (QED) is 0.704. The molecular formula is C18H14N2O2S2. The topological polar surface area (TPSA) is 51.2 Å². The fourth-order valence-electron chi connectivity index (χ4n) is 2.50. The minimum absolute atomic E-state index is 0.176. The normalized spacial score (nSPS) is 13.0. The largest absolute Gasteiger partial charge is 0.493 e. The van der Waals surface area contributed by atoms with E-state index in [-0.39, 0.29) is 5.91 Å². The number of carbonyl (C=O) groups excluding carboxylic acids is 1. The Balaban J connectivity index is 1.46. The fraction of sp³-hybridized carbons (Fsp3) is 0.111. The van der Waals surface area contributed by atoms with E-state index in [0.717, 1.165) is 35.6 Å². The summed E-state index contributed by atoms with van der Waals surface area (Å²) in [6, 6.07) is 8.06.